The maximum absolute atomic E-state index is 11.3. The number of hydrogen-bond donors (Lipinski definition) is 1. The number of nitrogens with zero attached hydrogens (tertiary/aromatic N) is 2. The van der Waals surface area contributed by atoms with Gasteiger partial charge in [-0.3, -0.25) is 4.72 Å². The van der Waals surface area contributed by atoms with E-state index in [4.69, 9.17) is 23.2 Å². The maximum atomic E-state index is 11.3. The molecule has 0 fully saturated rings. The smallest absolute Gasteiger partial charge is 0.237 e. The van der Waals surface area contributed by atoms with E-state index in [0.717, 1.165) is 0 Å². The average molecular weight is 268 g/mol. The molecule has 0 bridgehead atoms. The molecule has 1 rings (SSSR count). The summed E-state index contributed by atoms with van der Waals surface area (Å²) in [6.07, 6.45) is 1.26. The Kier molecular flexibility index (Phi) is 3.90. The van der Waals surface area contributed by atoms with E-state index in [1.54, 1.807) is 0 Å². The van der Waals surface area contributed by atoms with E-state index in [-0.39, 0.29) is 22.0 Å². The molecule has 0 saturated heterocycles. The molecule has 15 heavy (non-hydrogen) atoms. The predicted molar refractivity (Wildman–Crippen MR) is 59.7 cm³/mol. The van der Waals surface area contributed by atoms with Crippen molar-refractivity contribution in [2.45, 2.75) is 0 Å². The van der Waals surface area contributed by atoms with Crippen LogP contribution in [0.3, 0.4) is 0 Å². The predicted octanol–water partition coefficient (Wildman–Crippen LogP) is 1.71. The third kappa shape index (κ3) is 4.03. The van der Waals surface area contributed by atoms with Crippen molar-refractivity contribution < 1.29 is 8.42 Å². The van der Waals surface area contributed by atoms with Gasteiger partial charge in [0.2, 0.25) is 15.3 Å². The van der Waals surface area contributed by atoms with Gasteiger partial charge in [0.15, 0.2) is 0 Å². The van der Waals surface area contributed by atoms with Crippen molar-refractivity contribution in [2.24, 2.45) is 0 Å². The van der Waals surface area contributed by atoms with Crippen molar-refractivity contribution in [3.63, 3.8) is 0 Å². The normalized spacial score (nSPS) is 11.1. The van der Waals surface area contributed by atoms with Crippen LogP contribution in [-0.2, 0) is 10.0 Å². The van der Waals surface area contributed by atoms with Gasteiger partial charge >= 0.3 is 0 Å². The molecule has 0 atom stereocenters. The van der Waals surface area contributed by atoms with E-state index in [0.29, 0.717) is 0 Å². The van der Waals surface area contributed by atoms with Crippen molar-refractivity contribution in [1.29, 1.82) is 0 Å². The molecule has 0 unspecified atom stereocenters. The highest BCUT2D eigenvalue weighted by atomic mass is 35.5. The van der Waals surface area contributed by atoms with Crippen molar-refractivity contribution in [2.75, 3.05) is 10.5 Å². The molecule has 1 heterocycles. The zero-order valence-corrected chi connectivity index (χ0v) is 9.77. The summed E-state index contributed by atoms with van der Waals surface area (Å²) in [6.45, 7) is 3.32. The van der Waals surface area contributed by atoms with E-state index >= 15 is 0 Å². The monoisotopic (exact) mass is 267 g/mol. The molecule has 1 aromatic heterocycles. The maximum Gasteiger partial charge on any atom is 0.237 e. The van der Waals surface area contributed by atoms with Crippen LogP contribution in [0.15, 0.2) is 18.7 Å². The standard InChI is InChI=1S/C7H7Cl2N3O2S/c1-2-3-15(13,14)12-6-4-5(8)10-7(9)11-6/h2,4H,1,3H2,(H,10,11,12). The first-order chi connectivity index (χ1) is 6.93. The largest absolute Gasteiger partial charge is 0.267 e. The quantitative estimate of drug-likeness (QED) is 0.512. The second-order valence-electron chi connectivity index (χ2n) is 2.52. The minimum absolute atomic E-state index is 0.0295. The van der Waals surface area contributed by atoms with Gasteiger partial charge in [0.05, 0.1) is 5.75 Å². The highest BCUT2D eigenvalue weighted by Gasteiger charge is 2.10. The molecule has 82 valence electrons. The molecular formula is C7H7Cl2N3O2S. The highest BCUT2D eigenvalue weighted by molar-refractivity contribution is 7.92. The van der Waals surface area contributed by atoms with Gasteiger partial charge in [-0.2, -0.15) is 4.98 Å². The second kappa shape index (κ2) is 4.78. The number of halogens is 2. The number of aromatic nitrogens is 2. The van der Waals surface area contributed by atoms with Crippen molar-refractivity contribution in [3.8, 4) is 0 Å². The molecule has 0 saturated carbocycles. The number of nitrogens with one attached hydrogen (secondary N) is 1. The lowest BCUT2D eigenvalue weighted by molar-refractivity contribution is 0.604. The lowest BCUT2D eigenvalue weighted by Crippen LogP contribution is -2.16. The third-order valence-electron chi connectivity index (χ3n) is 1.26. The van der Waals surface area contributed by atoms with Gasteiger partial charge in [-0.1, -0.05) is 17.7 Å². The highest BCUT2D eigenvalue weighted by Crippen LogP contribution is 2.15. The summed E-state index contributed by atoms with van der Waals surface area (Å²) in [7, 11) is -3.49. The Bertz CT molecular complexity index is 455. The van der Waals surface area contributed by atoms with Gasteiger partial charge in [-0.05, 0) is 11.6 Å². The first kappa shape index (κ1) is 12.2. The zero-order valence-electron chi connectivity index (χ0n) is 7.44. The van der Waals surface area contributed by atoms with Crippen molar-refractivity contribution in [1.82, 2.24) is 9.97 Å². The van der Waals surface area contributed by atoms with Crippen LogP contribution < -0.4 is 4.72 Å². The first-order valence-electron chi connectivity index (χ1n) is 3.74. The molecule has 8 heteroatoms. The minimum atomic E-state index is -3.49. The van der Waals surface area contributed by atoms with Gasteiger partial charge in [-0.25, -0.2) is 13.4 Å². The SMILES string of the molecule is C=CCS(=O)(=O)Nc1cc(Cl)nc(Cl)n1. The summed E-state index contributed by atoms with van der Waals surface area (Å²) >= 11 is 11.1. The molecule has 0 aliphatic rings. The summed E-state index contributed by atoms with van der Waals surface area (Å²) < 4.78 is 24.8. The summed E-state index contributed by atoms with van der Waals surface area (Å²) in [6, 6.07) is 1.26. The molecule has 0 aliphatic carbocycles. The summed E-state index contributed by atoms with van der Waals surface area (Å²) in [5, 5.41) is -0.0647. The molecule has 0 amide bonds. The minimum Gasteiger partial charge on any atom is -0.267 e. The van der Waals surface area contributed by atoms with E-state index in [1.807, 2.05) is 0 Å². The second-order valence-corrected chi connectivity index (χ2v) is 5.01. The Morgan fingerprint density at radius 3 is 2.67 bits per heavy atom. The summed E-state index contributed by atoms with van der Waals surface area (Å²) in [4.78, 5) is 7.22. The van der Waals surface area contributed by atoms with Gasteiger partial charge in [0.25, 0.3) is 0 Å². The fourth-order valence-electron chi connectivity index (χ4n) is 0.798. The van der Waals surface area contributed by atoms with Gasteiger partial charge in [-0.15, -0.1) is 6.58 Å². The van der Waals surface area contributed by atoms with Crippen LogP contribution in [0.2, 0.25) is 10.4 Å². The van der Waals surface area contributed by atoms with Gasteiger partial charge < -0.3 is 0 Å². The van der Waals surface area contributed by atoms with E-state index in [1.165, 1.54) is 12.1 Å². The van der Waals surface area contributed by atoms with Crippen LogP contribution in [0.4, 0.5) is 5.82 Å². The number of hydrogen-bond acceptors (Lipinski definition) is 4. The van der Waals surface area contributed by atoms with Crippen LogP contribution in [0.1, 0.15) is 0 Å². The van der Waals surface area contributed by atoms with E-state index in [9.17, 15) is 8.42 Å². The fraction of sp³-hybridized carbons (Fsp3) is 0.143. The van der Waals surface area contributed by atoms with E-state index < -0.39 is 10.0 Å². The Morgan fingerprint density at radius 1 is 1.47 bits per heavy atom. The van der Waals surface area contributed by atoms with Crippen LogP contribution in [0, 0.1) is 0 Å². The molecule has 0 aromatic carbocycles. The van der Waals surface area contributed by atoms with Gasteiger partial charge in [0, 0.05) is 6.07 Å². The Hall–Kier alpha value is -0.850. The number of rotatable bonds is 4. The van der Waals surface area contributed by atoms with Crippen LogP contribution in [-0.4, -0.2) is 24.1 Å². The lowest BCUT2D eigenvalue weighted by atomic mass is 10.6. The molecule has 0 spiro atoms. The molecular weight excluding hydrogens is 261 g/mol. The molecule has 0 aliphatic heterocycles. The van der Waals surface area contributed by atoms with Crippen molar-refractivity contribution in [3.05, 3.63) is 29.2 Å². The molecule has 5 nitrogen and oxygen atoms in total. The Balaban J connectivity index is 2.94. The van der Waals surface area contributed by atoms with Crippen LogP contribution in [0.25, 0.3) is 0 Å². The Morgan fingerprint density at radius 2 is 2.13 bits per heavy atom. The van der Waals surface area contributed by atoms with Crippen LogP contribution in [0.5, 0.6) is 0 Å². The van der Waals surface area contributed by atoms with E-state index in [2.05, 4.69) is 21.3 Å². The molecule has 1 N–H and O–H groups in total. The van der Waals surface area contributed by atoms with Crippen molar-refractivity contribution >= 4 is 39.0 Å². The first-order valence-corrected chi connectivity index (χ1v) is 6.15. The third-order valence-corrected chi connectivity index (χ3v) is 2.82. The molecule has 0 radical (unpaired) electrons. The summed E-state index contributed by atoms with van der Waals surface area (Å²) in [5.41, 5.74) is 0. The summed E-state index contributed by atoms with van der Waals surface area (Å²) in [5.74, 6) is -0.187. The lowest BCUT2D eigenvalue weighted by Gasteiger charge is -2.04. The fourth-order valence-corrected chi connectivity index (χ4v) is 2.02. The Labute approximate surface area is 97.2 Å². The average Bonchev–Trinajstić information content (AvgIpc) is 1.99. The number of anilines is 1. The van der Waals surface area contributed by atoms with Crippen LogP contribution >= 0.6 is 23.2 Å². The zero-order chi connectivity index (χ0) is 11.5. The topological polar surface area (TPSA) is 72.0 Å². The molecule has 1 aromatic rings. The number of sulfonamides is 1. The van der Waals surface area contributed by atoms with Gasteiger partial charge in [0.1, 0.15) is 11.0 Å².